The minimum absolute atomic E-state index is 0.0753. The molecule has 0 bridgehead atoms. The summed E-state index contributed by atoms with van der Waals surface area (Å²) >= 11 is 0. The standard InChI is InChI=1S/C76H138O6/c1-4-7-10-13-16-19-22-25-28-31-33-35-36-37-38-39-41-42-45-48-51-54-57-60-63-66-69-75(78)81-72-73(71-80-74(77)68-65-62-59-56-53-50-47-44-30-27-24-21-18-15-12-9-6-3)82-76(79)70-67-64-61-58-55-52-49-46-43-40-34-32-29-26-23-20-17-14-11-8-5-2/h9,12,18,21,23,26-27,30,32,34,73H,4-8,10-11,13-17,19-20,22,24-25,28-29,31,33,35-72H2,1-3H3/b12-9-,21-18-,26-23-,30-27-,34-32-. The van der Waals surface area contributed by atoms with Crippen LogP contribution in [0.5, 0.6) is 0 Å². The van der Waals surface area contributed by atoms with Crippen LogP contribution in [0.4, 0.5) is 0 Å². The predicted molar refractivity (Wildman–Crippen MR) is 358 cm³/mol. The van der Waals surface area contributed by atoms with Crippen LogP contribution >= 0.6 is 0 Å². The van der Waals surface area contributed by atoms with Gasteiger partial charge in [-0.25, -0.2) is 0 Å². The molecule has 478 valence electrons. The fourth-order valence-corrected chi connectivity index (χ4v) is 10.8. The summed E-state index contributed by atoms with van der Waals surface area (Å²) in [5, 5.41) is 0. The largest absolute Gasteiger partial charge is 0.462 e. The van der Waals surface area contributed by atoms with E-state index in [1.165, 1.54) is 257 Å². The Kier molecular flexibility index (Phi) is 68.1. The first-order chi connectivity index (χ1) is 40.5. The van der Waals surface area contributed by atoms with Gasteiger partial charge in [-0.2, -0.15) is 0 Å². The second kappa shape index (κ2) is 70.6. The van der Waals surface area contributed by atoms with Crippen molar-refractivity contribution in [2.75, 3.05) is 13.2 Å². The number of ether oxygens (including phenoxy) is 3. The molecule has 0 aromatic carbocycles. The fourth-order valence-electron chi connectivity index (χ4n) is 10.8. The van der Waals surface area contributed by atoms with Crippen molar-refractivity contribution in [3.05, 3.63) is 60.8 Å². The summed E-state index contributed by atoms with van der Waals surface area (Å²) in [6.07, 6.45) is 91.1. The number of hydrogen-bond donors (Lipinski definition) is 0. The summed E-state index contributed by atoms with van der Waals surface area (Å²) in [4.78, 5) is 38.5. The van der Waals surface area contributed by atoms with Crippen LogP contribution in [0.1, 0.15) is 387 Å². The molecule has 0 aliphatic rings. The normalized spacial score (nSPS) is 12.4. The van der Waals surface area contributed by atoms with E-state index in [0.717, 1.165) is 89.9 Å². The first-order valence-corrected chi connectivity index (χ1v) is 36.3. The first-order valence-electron chi connectivity index (χ1n) is 36.3. The molecule has 6 heteroatoms. The molecule has 0 radical (unpaired) electrons. The third kappa shape index (κ3) is 67.9. The van der Waals surface area contributed by atoms with Crippen molar-refractivity contribution in [3.63, 3.8) is 0 Å². The zero-order chi connectivity index (χ0) is 59.2. The number of carbonyl (C=O) groups excluding carboxylic acids is 3. The van der Waals surface area contributed by atoms with Gasteiger partial charge in [-0.1, -0.05) is 345 Å². The Morgan fingerprint density at radius 2 is 0.476 bits per heavy atom. The van der Waals surface area contributed by atoms with Crippen molar-refractivity contribution >= 4 is 17.9 Å². The minimum atomic E-state index is -0.782. The summed E-state index contributed by atoms with van der Waals surface area (Å²) in [6, 6.07) is 0. The lowest BCUT2D eigenvalue weighted by Crippen LogP contribution is -2.30. The molecule has 1 unspecified atom stereocenters. The molecule has 0 N–H and O–H groups in total. The van der Waals surface area contributed by atoms with Gasteiger partial charge in [0.1, 0.15) is 13.2 Å². The van der Waals surface area contributed by atoms with Gasteiger partial charge in [-0.15, -0.1) is 0 Å². The van der Waals surface area contributed by atoms with Crippen LogP contribution in [0.25, 0.3) is 0 Å². The van der Waals surface area contributed by atoms with Gasteiger partial charge in [-0.3, -0.25) is 14.4 Å². The van der Waals surface area contributed by atoms with Gasteiger partial charge in [0, 0.05) is 19.3 Å². The van der Waals surface area contributed by atoms with Crippen molar-refractivity contribution in [2.24, 2.45) is 0 Å². The molecule has 0 amide bonds. The maximum atomic E-state index is 13.0. The van der Waals surface area contributed by atoms with Crippen molar-refractivity contribution in [3.8, 4) is 0 Å². The lowest BCUT2D eigenvalue weighted by Gasteiger charge is -2.18. The van der Waals surface area contributed by atoms with Crippen LogP contribution in [-0.4, -0.2) is 37.2 Å². The van der Waals surface area contributed by atoms with Crippen LogP contribution in [0, 0.1) is 0 Å². The number of unbranched alkanes of at least 4 members (excludes halogenated alkanes) is 46. The van der Waals surface area contributed by atoms with Gasteiger partial charge in [0.05, 0.1) is 0 Å². The summed E-state index contributed by atoms with van der Waals surface area (Å²) in [6.45, 7) is 6.58. The van der Waals surface area contributed by atoms with Crippen molar-refractivity contribution < 1.29 is 28.6 Å². The van der Waals surface area contributed by atoms with Gasteiger partial charge in [0.2, 0.25) is 0 Å². The highest BCUT2D eigenvalue weighted by Gasteiger charge is 2.19. The zero-order valence-corrected chi connectivity index (χ0v) is 55.0. The number of esters is 3. The second-order valence-electron chi connectivity index (χ2n) is 24.5. The molecular formula is C76H138O6. The van der Waals surface area contributed by atoms with E-state index in [1.54, 1.807) is 0 Å². The Hall–Kier alpha value is -2.89. The summed E-state index contributed by atoms with van der Waals surface area (Å²) in [7, 11) is 0. The molecule has 0 saturated heterocycles. The average Bonchev–Trinajstić information content (AvgIpc) is 3.47. The van der Waals surface area contributed by atoms with Crippen LogP contribution in [0.15, 0.2) is 60.8 Å². The van der Waals surface area contributed by atoms with Crippen LogP contribution in [0.2, 0.25) is 0 Å². The molecule has 1 atom stereocenters. The Labute approximate surface area is 510 Å². The van der Waals surface area contributed by atoms with Crippen LogP contribution in [0.3, 0.4) is 0 Å². The number of allylic oxidation sites excluding steroid dienone is 10. The third-order valence-corrected chi connectivity index (χ3v) is 16.3. The number of hydrogen-bond acceptors (Lipinski definition) is 6. The van der Waals surface area contributed by atoms with E-state index < -0.39 is 6.10 Å². The molecule has 6 nitrogen and oxygen atoms in total. The van der Waals surface area contributed by atoms with Gasteiger partial charge >= 0.3 is 17.9 Å². The predicted octanol–water partition coefficient (Wildman–Crippen LogP) is 25.1. The molecule has 0 saturated carbocycles. The quantitative estimate of drug-likeness (QED) is 0.0261. The Bertz CT molecular complexity index is 1460. The SMILES string of the molecule is CC/C=C\C/C=C\C/C=C\CCCCCCCCCC(=O)OCC(COC(=O)CCCCCCCCCCCCCCCCCCCCCCCCCCCC)OC(=O)CCCCCCCCCCC/C=C\C/C=C\CCCCCCC. The molecular weight excluding hydrogens is 1010 g/mol. The van der Waals surface area contributed by atoms with Crippen LogP contribution in [-0.2, 0) is 28.6 Å². The molecule has 0 heterocycles. The average molecular weight is 1150 g/mol. The Balaban J connectivity index is 4.29. The third-order valence-electron chi connectivity index (χ3n) is 16.3. The topological polar surface area (TPSA) is 78.9 Å². The molecule has 0 aromatic rings. The van der Waals surface area contributed by atoms with Gasteiger partial charge in [0.25, 0.3) is 0 Å². The maximum absolute atomic E-state index is 13.0. The van der Waals surface area contributed by atoms with Crippen LogP contribution < -0.4 is 0 Å². The molecule has 0 aliphatic carbocycles. The van der Waals surface area contributed by atoms with Crippen molar-refractivity contribution in [1.82, 2.24) is 0 Å². The smallest absolute Gasteiger partial charge is 0.306 e. The molecule has 0 aromatic heterocycles. The first kappa shape index (κ1) is 79.1. The van der Waals surface area contributed by atoms with E-state index >= 15 is 0 Å². The summed E-state index contributed by atoms with van der Waals surface area (Å²) < 4.78 is 17.0. The second-order valence-corrected chi connectivity index (χ2v) is 24.5. The highest BCUT2D eigenvalue weighted by Crippen LogP contribution is 2.18. The van der Waals surface area contributed by atoms with Crippen molar-refractivity contribution in [1.29, 1.82) is 0 Å². The summed E-state index contributed by atoms with van der Waals surface area (Å²) in [5.41, 5.74) is 0. The fraction of sp³-hybridized carbons (Fsp3) is 0.829. The monoisotopic (exact) mass is 1150 g/mol. The minimum Gasteiger partial charge on any atom is -0.462 e. The lowest BCUT2D eigenvalue weighted by atomic mass is 10.0. The van der Waals surface area contributed by atoms with E-state index in [9.17, 15) is 14.4 Å². The zero-order valence-electron chi connectivity index (χ0n) is 55.0. The van der Waals surface area contributed by atoms with E-state index in [0.29, 0.717) is 19.3 Å². The van der Waals surface area contributed by atoms with E-state index in [1.807, 2.05) is 0 Å². The highest BCUT2D eigenvalue weighted by molar-refractivity contribution is 5.71. The lowest BCUT2D eigenvalue weighted by molar-refractivity contribution is -0.167. The van der Waals surface area contributed by atoms with Gasteiger partial charge in [0.15, 0.2) is 6.10 Å². The van der Waals surface area contributed by atoms with Gasteiger partial charge < -0.3 is 14.2 Å². The maximum Gasteiger partial charge on any atom is 0.306 e. The van der Waals surface area contributed by atoms with E-state index in [2.05, 4.69) is 81.5 Å². The highest BCUT2D eigenvalue weighted by atomic mass is 16.6. The van der Waals surface area contributed by atoms with Gasteiger partial charge in [-0.05, 0) is 83.5 Å². The van der Waals surface area contributed by atoms with E-state index in [-0.39, 0.29) is 31.1 Å². The molecule has 0 rings (SSSR count). The Morgan fingerprint density at radius 1 is 0.256 bits per heavy atom. The number of carbonyl (C=O) groups is 3. The molecule has 0 spiro atoms. The molecule has 0 fully saturated rings. The Morgan fingerprint density at radius 3 is 0.744 bits per heavy atom. The number of rotatable bonds is 67. The molecule has 82 heavy (non-hydrogen) atoms. The van der Waals surface area contributed by atoms with Crippen molar-refractivity contribution in [2.45, 2.75) is 393 Å². The summed E-state index contributed by atoms with van der Waals surface area (Å²) in [5.74, 6) is -0.864. The van der Waals surface area contributed by atoms with E-state index in [4.69, 9.17) is 14.2 Å². The molecule has 0 aliphatic heterocycles.